The van der Waals surface area contributed by atoms with Gasteiger partial charge < -0.3 is 9.47 Å². The molecule has 0 aliphatic heterocycles. The number of carbonyl (C=O) groups is 2. The van der Waals surface area contributed by atoms with Crippen LogP contribution in [0.25, 0.3) is 0 Å². The smallest absolute Gasteiger partial charge is 0.311 e. The quantitative estimate of drug-likeness (QED) is 0.388. The zero-order valence-corrected chi connectivity index (χ0v) is 14.7. The highest BCUT2D eigenvalue weighted by atomic mass is 16.6. The van der Waals surface area contributed by atoms with Gasteiger partial charge in [-0.3, -0.25) is 9.59 Å². The number of unbranched alkanes of at least 4 members (excludes halogenated alkanes) is 1. The van der Waals surface area contributed by atoms with Crippen molar-refractivity contribution in [2.45, 2.75) is 66.2 Å². The maximum Gasteiger partial charge on any atom is 0.311 e. The van der Waals surface area contributed by atoms with Crippen LogP contribution in [0.15, 0.2) is 24.3 Å². The summed E-state index contributed by atoms with van der Waals surface area (Å²) in [5.74, 6) is -0.00848. The molecule has 0 unspecified atom stereocenters. The minimum atomic E-state index is -0.318. The van der Waals surface area contributed by atoms with Gasteiger partial charge >= 0.3 is 11.9 Å². The Labute approximate surface area is 139 Å². The van der Waals surface area contributed by atoms with Crippen molar-refractivity contribution in [3.05, 3.63) is 24.3 Å². The summed E-state index contributed by atoms with van der Waals surface area (Å²) in [6.45, 7) is 8.47. The molecule has 4 nitrogen and oxygen atoms in total. The van der Waals surface area contributed by atoms with E-state index in [2.05, 4.69) is 20.8 Å². The summed E-state index contributed by atoms with van der Waals surface area (Å²) < 4.78 is 10.6. The summed E-state index contributed by atoms with van der Waals surface area (Å²) in [6.07, 6.45) is 4.29. The van der Waals surface area contributed by atoms with Crippen molar-refractivity contribution < 1.29 is 19.1 Å². The van der Waals surface area contributed by atoms with E-state index in [4.69, 9.17) is 9.47 Å². The molecule has 0 bridgehead atoms. The highest BCUT2D eigenvalue weighted by molar-refractivity contribution is 5.76. The molecule has 0 spiro atoms. The van der Waals surface area contributed by atoms with Crippen LogP contribution in [0.1, 0.15) is 66.2 Å². The summed E-state index contributed by atoms with van der Waals surface area (Å²) in [4.78, 5) is 23.5. The predicted molar refractivity (Wildman–Crippen MR) is 90.5 cm³/mol. The Kier molecular flexibility index (Phi) is 7.79. The van der Waals surface area contributed by atoms with Gasteiger partial charge in [0.25, 0.3) is 0 Å². The topological polar surface area (TPSA) is 52.6 Å². The summed E-state index contributed by atoms with van der Waals surface area (Å²) >= 11 is 0. The third-order valence-corrected chi connectivity index (χ3v) is 3.31. The number of hydrogen-bond acceptors (Lipinski definition) is 4. The Balaban J connectivity index is 2.50. The molecular formula is C19H28O4. The highest BCUT2D eigenvalue weighted by Crippen LogP contribution is 2.28. The second-order valence-corrected chi connectivity index (χ2v) is 6.91. The maximum atomic E-state index is 11.9. The van der Waals surface area contributed by atoms with Gasteiger partial charge in [0.1, 0.15) is 0 Å². The van der Waals surface area contributed by atoms with Gasteiger partial charge in [0.05, 0.1) is 0 Å². The fourth-order valence-electron chi connectivity index (χ4n) is 2.09. The Hall–Kier alpha value is -1.84. The van der Waals surface area contributed by atoms with Crippen molar-refractivity contribution in [2.75, 3.05) is 0 Å². The summed E-state index contributed by atoms with van der Waals surface area (Å²) in [5, 5.41) is 0. The van der Waals surface area contributed by atoms with Crippen LogP contribution in [0.4, 0.5) is 0 Å². The Morgan fingerprint density at radius 2 is 1.43 bits per heavy atom. The fourth-order valence-corrected chi connectivity index (χ4v) is 2.09. The maximum absolute atomic E-state index is 11.9. The van der Waals surface area contributed by atoms with Crippen molar-refractivity contribution in [1.29, 1.82) is 0 Å². The molecule has 0 saturated carbocycles. The molecule has 0 atom stereocenters. The third-order valence-electron chi connectivity index (χ3n) is 3.31. The van der Waals surface area contributed by atoms with Crippen LogP contribution < -0.4 is 9.47 Å². The van der Waals surface area contributed by atoms with Crippen molar-refractivity contribution in [1.82, 2.24) is 0 Å². The fraction of sp³-hybridized carbons (Fsp3) is 0.579. The summed E-state index contributed by atoms with van der Waals surface area (Å²) in [5.41, 5.74) is 0.282. The molecule has 0 aromatic heterocycles. The van der Waals surface area contributed by atoms with Crippen LogP contribution in [-0.4, -0.2) is 11.9 Å². The van der Waals surface area contributed by atoms with Crippen LogP contribution in [0, 0.1) is 5.41 Å². The lowest BCUT2D eigenvalue weighted by Gasteiger charge is -2.17. The molecule has 23 heavy (non-hydrogen) atoms. The molecule has 0 aliphatic rings. The first-order valence-electron chi connectivity index (χ1n) is 8.32. The molecule has 0 aliphatic carbocycles. The third kappa shape index (κ3) is 8.38. The predicted octanol–water partition coefficient (Wildman–Crippen LogP) is 4.90. The van der Waals surface area contributed by atoms with E-state index in [-0.39, 0.29) is 17.4 Å². The van der Waals surface area contributed by atoms with Gasteiger partial charge in [-0.2, -0.15) is 0 Å². The van der Waals surface area contributed by atoms with E-state index in [9.17, 15) is 9.59 Å². The molecule has 0 N–H and O–H groups in total. The number of benzene rings is 1. The van der Waals surface area contributed by atoms with E-state index < -0.39 is 0 Å². The van der Waals surface area contributed by atoms with Crippen molar-refractivity contribution in [3.63, 3.8) is 0 Å². The molecule has 1 rings (SSSR count). The van der Waals surface area contributed by atoms with Gasteiger partial charge in [-0.05, 0) is 36.8 Å². The van der Waals surface area contributed by atoms with Crippen LogP contribution in [0.5, 0.6) is 11.5 Å². The first kappa shape index (κ1) is 19.2. The van der Waals surface area contributed by atoms with Crippen molar-refractivity contribution in [2.24, 2.45) is 5.41 Å². The van der Waals surface area contributed by atoms with E-state index in [1.165, 1.54) is 0 Å². The molecule has 0 fully saturated rings. The van der Waals surface area contributed by atoms with E-state index in [0.717, 1.165) is 19.3 Å². The number of rotatable bonds is 8. The SMILES string of the molecule is CCCC(=O)Oc1ccccc1OC(=O)CCCCC(C)(C)C. The average molecular weight is 320 g/mol. The molecule has 0 amide bonds. The molecule has 4 heteroatoms. The van der Waals surface area contributed by atoms with Crippen LogP contribution >= 0.6 is 0 Å². The van der Waals surface area contributed by atoms with E-state index >= 15 is 0 Å². The minimum absolute atomic E-state index is 0.282. The number of hydrogen-bond donors (Lipinski definition) is 0. The van der Waals surface area contributed by atoms with Gasteiger partial charge in [-0.15, -0.1) is 0 Å². The standard InChI is InChI=1S/C19H28O4/c1-5-10-17(20)22-15-11-6-7-12-16(15)23-18(21)13-8-9-14-19(2,3)4/h6-7,11-12H,5,8-10,13-14H2,1-4H3. The largest absolute Gasteiger partial charge is 0.423 e. The van der Waals surface area contributed by atoms with Gasteiger partial charge in [-0.25, -0.2) is 0 Å². The first-order chi connectivity index (χ1) is 10.8. The van der Waals surface area contributed by atoms with Crippen molar-refractivity contribution in [3.8, 4) is 11.5 Å². The van der Waals surface area contributed by atoms with Crippen molar-refractivity contribution >= 4 is 11.9 Å². The first-order valence-corrected chi connectivity index (χ1v) is 8.32. The monoisotopic (exact) mass is 320 g/mol. The molecule has 128 valence electrons. The van der Waals surface area contributed by atoms with Gasteiger partial charge in [0.2, 0.25) is 0 Å². The lowest BCUT2D eigenvalue weighted by Crippen LogP contribution is -2.12. The van der Waals surface area contributed by atoms with Crippen LogP contribution in [0.3, 0.4) is 0 Å². The van der Waals surface area contributed by atoms with Gasteiger partial charge in [0, 0.05) is 12.8 Å². The number of carbonyl (C=O) groups excluding carboxylic acids is 2. The molecular weight excluding hydrogens is 292 g/mol. The normalized spacial score (nSPS) is 11.1. The van der Waals surface area contributed by atoms with Crippen LogP contribution in [-0.2, 0) is 9.59 Å². The zero-order valence-electron chi connectivity index (χ0n) is 14.7. The summed E-state index contributed by atoms with van der Waals surface area (Å²) in [7, 11) is 0. The lowest BCUT2D eigenvalue weighted by atomic mass is 9.89. The zero-order chi connectivity index (χ0) is 17.3. The molecule has 0 saturated heterocycles. The molecule has 1 aromatic rings. The Morgan fingerprint density at radius 1 is 0.913 bits per heavy atom. The minimum Gasteiger partial charge on any atom is -0.423 e. The van der Waals surface area contributed by atoms with E-state index in [1.54, 1.807) is 24.3 Å². The van der Waals surface area contributed by atoms with Gasteiger partial charge in [0.15, 0.2) is 11.5 Å². The number of para-hydroxylation sites is 2. The second kappa shape index (κ2) is 9.33. The Bertz CT molecular complexity index is 514. The van der Waals surface area contributed by atoms with E-state index in [1.807, 2.05) is 6.92 Å². The lowest BCUT2D eigenvalue weighted by molar-refractivity contribution is -0.137. The summed E-state index contributed by atoms with van der Waals surface area (Å²) in [6, 6.07) is 6.77. The molecule has 0 radical (unpaired) electrons. The average Bonchev–Trinajstić information content (AvgIpc) is 2.45. The molecule has 1 aromatic carbocycles. The highest BCUT2D eigenvalue weighted by Gasteiger charge is 2.14. The van der Waals surface area contributed by atoms with E-state index in [0.29, 0.717) is 30.8 Å². The second-order valence-electron chi connectivity index (χ2n) is 6.91. The Morgan fingerprint density at radius 3 is 1.91 bits per heavy atom. The molecule has 0 heterocycles. The number of esters is 2. The van der Waals surface area contributed by atoms with Crippen LogP contribution in [0.2, 0.25) is 0 Å². The number of ether oxygens (including phenoxy) is 2. The van der Waals surface area contributed by atoms with Gasteiger partial charge in [-0.1, -0.05) is 46.2 Å².